The maximum absolute atomic E-state index is 9.15. The first kappa shape index (κ1) is 21.0. The number of fused-ring (bicyclic) bond motifs is 1. The molecule has 2 N–H and O–H groups in total. The van der Waals surface area contributed by atoms with Crippen molar-refractivity contribution in [2.45, 2.75) is 31.9 Å². The molecule has 0 aromatic carbocycles. The number of pyridine rings is 1. The Kier molecular flexibility index (Phi) is 4.95. The fourth-order valence-corrected chi connectivity index (χ4v) is 5.31. The van der Waals surface area contributed by atoms with E-state index in [1.165, 1.54) is 0 Å². The van der Waals surface area contributed by atoms with E-state index in [-0.39, 0.29) is 11.6 Å². The van der Waals surface area contributed by atoms with Gasteiger partial charge in [0.05, 0.1) is 47.3 Å². The molecule has 0 saturated carbocycles. The molecule has 0 atom stereocenters. The summed E-state index contributed by atoms with van der Waals surface area (Å²) in [6, 6.07) is 10.1. The summed E-state index contributed by atoms with van der Waals surface area (Å²) < 4.78 is 1.80. The van der Waals surface area contributed by atoms with Crippen LogP contribution < -0.4 is 15.7 Å². The number of hydrogen-bond donors (Lipinski definition) is 2. The second-order valence-corrected chi connectivity index (χ2v) is 9.96. The molecule has 2 saturated heterocycles. The van der Waals surface area contributed by atoms with E-state index in [2.05, 4.69) is 50.9 Å². The highest BCUT2D eigenvalue weighted by molar-refractivity contribution is 7.18. The number of aromatic nitrogens is 5. The van der Waals surface area contributed by atoms with E-state index in [0.29, 0.717) is 5.56 Å². The Morgan fingerprint density at radius 1 is 1.24 bits per heavy atom. The lowest BCUT2D eigenvalue weighted by molar-refractivity contribution is -0.0695. The van der Waals surface area contributed by atoms with E-state index in [1.54, 1.807) is 22.0 Å². The lowest BCUT2D eigenvalue weighted by Crippen LogP contribution is -2.62. The Bertz CT molecular complexity index is 1410. The average molecular weight is 474 g/mol. The van der Waals surface area contributed by atoms with Gasteiger partial charge >= 0.3 is 0 Å². The Morgan fingerprint density at radius 3 is 2.88 bits per heavy atom. The van der Waals surface area contributed by atoms with Gasteiger partial charge in [0.15, 0.2) is 5.01 Å². The van der Waals surface area contributed by atoms with Crippen LogP contribution in [-0.4, -0.2) is 56.1 Å². The SMILES string of the molecule is CC(C)Nc1cc(-c2ccc3cc(C#N)cnn23)ncc1-c1nnc(N2CC3(CCNO3)C2)s1. The molecule has 6 heterocycles. The third kappa shape index (κ3) is 3.56. The van der Waals surface area contributed by atoms with Gasteiger partial charge in [0, 0.05) is 24.5 Å². The zero-order valence-electron chi connectivity index (χ0n) is 18.8. The summed E-state index contributed by atoms with van der Waals surface area (Å²) in [7, 11) is 0. The smallest absolute Gasteiger partial charge is 0.208 e. The van der Waals surface area contributed by atoms with E-state index in [1.807, 2.05) is 30.5 Å². The van der Waals surface area contributed by atoms with Crippen LogP contribution >= 0.6 is 11.3 Å². The molecule has 0 bridgehead atoms. The van der Waals surface area contributed by atoms with Crippen LogP contribution in [0, 0.1) is 11.3 Å². The molecular formula is C23H23N9OS. The summed E-state index contributed by atoms with van der Waals surface area (Å²) >= 11 is 1.56. The van der Waals surface area contributed by atoms with Crippen molar-refractivity contribution >= 4 is 27.7 Å². The molecule has 0 unspecified atom stereocenters. The van der Waals surface area contributed by atoms with Gasteiger partial charge in [-0.25, -0.2) is 10.00 Å². The Hall–Kier alpha value is -3.59. The van der Waals surface area contributed by atoms with Gasteiger partial charge in [0.25, 0.3) is 0 Å². The first-order valence-corrected chi connectivity index (χ1v) is 12.0. The summed E-state index contributed by atoms with van der Waals surface area (Å²) in [5.41, 5.74) is 7.76. The van der Waals surface area contributed by atoms with Crippen molar-refractivity contribution in [1.82, 2.24) is 30.3 Å². The standard InChI is InChI=1S/C23H23N9OS/c1-14(2)28-18-8-19(20-4-3-16-7-15(9-24)10-26-32(16)20)25-11-17(18)21-29-30-22(34-21)31-12-23(13-31)5-6-27-33-23/h3-4,7-8,10-11,14,27H,5-6,12-13H2,1-2H3,(H,25,28). The lowest BCUT2D eigenvalue weighted by atomic mass is 9.92. The van der Waals surface area contributed by atoms with Crippen molar-refractivity contribution in [1.29, 1.82) is 5.26 Å². The van der Waals surface area contributed by atoms with Gasteiger partial charge in [0.1, 0.15) is 11.7 Å². The average Bonchev–Trinajstić information content (AvgIpc) is 3.56. The van der Waals surface area contributed by atoms with E-state index < -0.39 is 0 Å². The van der Waals surface area contributed by atoms with Crippen LogP contribution in [0.25, 0.3) is 27.5 Å². The van der Waals surface area contributed by atoms with Crippen molar-refractivity contribution in [3.05, 3.63) is 42.2 Å². The largest absolute Gasteiger partial charge is 0.382 e. The van der Waals surface area contributed by atoms with Crippen LogP contribution in [0.4, 0.5) is 10.8 Å². The van der Waals surface area contributed by atoms with Gasteiger partial charge in [-0.15, -0.1) is 10.2 Å². The normalized spacial score (nSPS) is 16.8. The number of anilines is 2. The second kappa shape index (κ2) is 8.02. The monoisotopic (exact) mass is 473 g/mol. The Balaban J connectivity index is 1.32. The van der Waals surface area contributed by atoms with Gasteiger partial charge < -0.3 is 10.2 Å². The summed E-state index contributed by atoms with van der Waals surface area (Å²) in [4.78, 5) is 12.6. The molecule has 4 aromatic rings. The van der Waals surface area contributed by atoms with Gasteiger partial charge in [-0.05, 0) is 44.5 Å². The van der Waals surface area contributed by atoms with Crippen molar-refractivity contribution in [3.8, 4) is 28.0 Å². The number of nitriles is 1. The van der Waals surface area contributed by atoms with Crippen molar-refractivity contribution in [3.63, 3.8) is 0 Å². The van der Waals surface area contributed by atoms with Crippen molar-refractivity contribution in [2.24, 2.45) is 0 Å². The first-order valence-electron chi connectivity index (χ1n) is 11.2. The molecule has 0 radical (unpaired) electrons. The number of hydrogen-bond acceptors (Lipinski definition) is 10. The van der Waals surface area contributed by atoms with E-state index in [0.717, 1.165) is 64.3 Å². The number of nitrogens with one attached hydrogen (secondary N) is 2. The van der Waals surface area contributed by atoms with Crippen LogP contribution in [0.3, 0.4) is 0 Å². The highest BCUT2D eigenvalue weighted by Gasteiger charge is 2.48. The molecule has 34 heavy (non-hydrogen) atoms. The van der Waals surface area contributed by atoms with Crippen LogP contribution in [0.1, 0.15) is 25.8 Å². The molecule has 6 rings (SSSR count). The quantitative estimate of drug-likeness (QED) is 0.451. The van der Waals surface area contributed by atoms with Gasteiger partial charge in [0.2, 0.25) is 5.13 Å². The zero-order chi connectivity index (χ0) is 23.3. The third-order valence-corrected chi connectivity index (χ3v) is 7.10. The molecule has 4 aromatic heterocycles. The molecule has 2 aliphatic rings. The highest BCUT2D eigenvalue weighted by atomic mass is 32.1. The molecule has 0 aliphatic carbocycles. The third-order valence-electron chi connectivity index (χ3n) is 6.08. The Labute approximate surface area is 200 Å². The van der Waals surface area contributed by atoms with E-state index in [4.69, 9.17) is 15.1 Å². The van der Waals surface area contributed by atoms with Crippen molar-refractivity contribution in [2.75, 3.05) is 29.9 Å². The summed E-state index contributed by atoms with van der Waals surface area (Å²) in [6.07, 6.45) is 4.42. The van der Waals surface area contributed by atoms with Gasteiger partial charge in [-0.3, -0.25) is 9.82 Å². The molecule has 2 aliphatic heterocycles. The predicted molar refractivity (Wildman–Crippen MR) is 129 cm³/mol. The Morgan fingerprint density at radius 2 is 2.12 bits per heavy atom. The molecule has 11 heteroatoms. The maximum Gasteiger partial charge on any atom is 0.208 e. The summed E-state index contributed by atoms with van der Waals surface area (Å²) in [6.45, 7) is 6.74. The zero-order valence-corrected chi connectivity index (χ0v) is 19.6. The number of rotatable bonds is 5. The molecule has 2 fully saturated rings. The predicted octanol–water partition coefficient (Wildman–Crippen LogP) is 3.09. The van der Waals surface area contributed by atoms with Crippen LogP contribution in [0.5, 0.6) is 0 Å². The maximum atomic E-state index is 9.15. The summed E-state index contributed by atoms with van der Waals surface area (Å²) in [5, 5.41) is 27.7. The van der Waals surface area contributed by atoms with Crippen molar-refractivity contribution < 1.29 is 4.84 Å². The molecule has 1 spiro atoms. The highest BCUT2D eigenvalue weighted by Crippen LogP contribution is 2.40. The minimum atomic E-state index is -0.0819. The molecule has 172 valence electrons. The van der Waals surface area contributed by atoms with E-state index in [9.17, 15) is 0 Å². The van der Waals surface area contributed by atoms with Crippen LogP contribution in [-0.2, 0) is 4.84 Å². The van der Waals surface area contributed by atoms with Crippen LogP contribution in [0.15, 0.2) is 36.7 Å². The number of hydroxylamine groups is 1. The molecular weight excluding hydrogens is 450 g/mol. The molecule has 10 nitrogen and oxygen atoms in total. The number of nitrogens with zero attached hydrogens (tertiary/aromatic N) is 7. The van der Waals surface area contributed by atoms with Gasteiger partial charge in [-0.1, -0.05) is 11.3 Å². The fraction of sp³-hybridized carbons (Fsp3) is 0.348. The fourth-order valence-electron chi connectivity index (χ4n) is 4.44. The second-order valence-electron chi connectivity index (χ2n) is 9.00. The van der Waals surface area contributed by atoms with Crippen LogP contribution in [0.2, 0.25) is 0 Å². The van der Waals surface area contributed by atoms with E-state index >= 15 is 0 Å². The van der Waals surface area contributed by atoms with Gasteiger partial charge in [-0.2, -0.15) is 10.4 Å². The minimum Gasteiger partial charge on any atom is -0.382 e. The summed E-state index contributed by atoms with van der Waals surface area (Å²) in [5.74, 6) is 0. The lowest BCUT2D eigenvalue weighted by Gasteiger charge is -2.45. The molecule has 0 amide bonds. The minimum absolute atomic E-state index is 0.0819. The topological polar surface area (TPSA) is 116 Å². The first-order chi connectivity index (χ1) is 16.5.